The largest absolute Gasteiger partial charge is 0.454 e. The summed E-state index contributed by atoms with van der Waals surface area (Å²) in [7, 11) is 0. The van der Waals surface area contributed by atoms with Crippen molar-refractivity contribution in [2.45, 2.75) is 56.7 Å². The van der Waals surface area contributed by atoms with Gasteiger partial charge in [-0.2, -0.15) is 0 Å². The number of carbonyl (C=O) groups is 2. The number of carbonyl (C=O) groups excluding carboxylic acids is 2. The first-order valence-electron chi connectivity index (χ1n) is 12.0. The van der Waals surface area contributed by atoms with Crippen molar-refractivity contribution in [1.82, 2.24) is 5.16 Å². The fourth-order valence-electron chi connectivity index (χ4n) is 6.05. The number of amides is 1. The van der Waals surface area contributed by atoms with Crippen LogP contribution in [0.25, 0.3) is 0 Å². The van der Waals surface area contributed by atoms with Gasteiger partial charge in [0, 0.05) is 35.6 Å². The van der Waals surface area contributed by atoms with Crippen LogP contribution in [-0.2, 0) is 19.9 Å². The first kappa shape index (κ1) is 22.6. The van der Waals surface area contributed by atoms with Crippen molar-refractivity contribution >= 4 is 29.0 Å². The Morgan fingerprint density at radius 2 is 2.00 bits per heavy atom. The van der Waals surface area contributed by atoms with Crippen LogP contribution >= 0.6 is 11.3 Å². The van der Waals surface area contributed by atoms with Crippen LogP contribution in [0, 0.1) is 11.8 Å². The molecule has 2 bridgehead atoms. The molecule has 9 heteroatoms. The molecule has 1 amide bonds. The smallest absolute Gasteiger partial charge is 0.344 e. The molecule has 0 spiro atoms. The monoisotopic (exact) mass is 474 g/mol. The highest BCUT2D eigenvalue weighted by atomic mass is 32.1. The Morgan fingerprint density at radius 1 is 1.21 bits per heavy atom. The zero-order valence-corrected chi connectivity index (χ0v) is 19.6. The molecule has 1 saturated carbocycles. The molecule has 2 atom stereocenters. The molecule has 5 heterocycles. The molecule has 4 fully saturated rings. The van der Waals surface area contributed by atoms with Crippen molar-refractivity contribution < 1.29 is 28.4 Å². The van der Waals surface area contributed by atoms with E-state index in [0.717, 1.165) is 58.0 Å². The minimum atomic E-state index is -1.59. The molecule has 2 aromatic rings. The second kappa shape index (κ2) is 9.19. The molecule has 0 aromatic carbocycles. The average Bonchev–Trinajstić information content (AvgIpc) is 3.54. The summed E-state index contributed by atoms with van der Waals surface area (Å²) >= 11 is 1.42. The summed E-state index contributed by atoms with van der Waals surface area (Å²) in [6.45, 7) is 2.70. The minimum Gasteiger partial charge on any atom is -0.454 e. The molecular formula is C24H32N3O5S+. The van der Waals surface area contributed by atoms with Gasteiger partial charge in [-0.1, -0.05) is 30.5 Å². The normalized spacial score (nSPS) is 29.4. The lowest BCUT2D eigenvalue weighted by Gasteiger charge is -2.52. The topological polar surface area (TPSA) is 102 Å². The van der Waals surface area contributed by atoms with E-state index in [-0.39, 0.29) is 23.8 Å². The molecule has 6 rings (SSSR count). The molecule has 2 N–H and O–H groups in total. The second-order valence-corrected chi connectivity index (χ2v) is 10.9. The predicted octanol–water partition coefficient (Wildman–Crippen LogP) is 3.29. The summed E-state index contributed by atoms with van der Waals surface area (Å²) in [5, 5.41) is 20.2. The van der Waals surface area contributed by atoms with Gasteiger partial charge in [0.25, 0.3) is 5.91 Å². The predicted molar refractivity (Wildman–Crippen MR) is 122 cm³/mol. The van der Waals surface area contributed by atoms with Gasteiger partial charge in [-0.25, -0.2) is 4.79 Å². The third kappa shape index (κ3) is 4.46. The first-order chi connectivity index (χ1) is 16.0. The summed E-state index contributed by atoms with van der Waals surface area (Å²) in [4.78, 5) is 26.9. The van der Waals surface area contributed by atoms with E-state index in [1.807, 2.05) is 17.5 Å². The number of quaternary nitrogens is 1. The van der Waals surface area contributed by atoms with Crippen LogP contribution in [0.4, 0.5) is 5.82 Å². The maximum atomic E-state index is 13.6. The van der Waals surface area contributed by atoms with Crippen molar-refractivity contribution in [3.63, 3.8) is 0 Å². The minimum absolute atomic E-state index is 0.116. The van der Waals surface area contributed by atoms with E-state index in [2.05, 4.69) is 10.5 Å². The molecule has 4 aliphatic rings. The van der Waals surface area contributed by atoms with Crippen LogP contribution < -0.4 is 5.32 Å². The summed E-state index contributed by atoms with van der Waals surface area (Å²) < 4.78 is 11.5. The zero-order chi connectivity index (χ0) is 22.9. The lowest BCUT2D eigenvalue weighted by molar-refractivity contribution is -0.939. The number of rotatable bonds is 7. The molecule has 1 aliphatic carbocycles. The molecule has 3 aliphatic heterocycles. The molecule has 33 heavy (non-hydrogen) atoms. The molecule has 178 valence electrons. The van der Waals surface area contributed by atoms with Crippen molar-refractivity contribution in [2.24, 2.45) is 11.8 Å². The Morgan fingerprint density at radius 3 is 2.67 bits per heavy atom. The van der Waals surface area contributed by atoms with Crippen molar-refractivity contribution in [1.29, 1.82) is 0 Å². The number of fused-ring (bicyclic) bond motifs is 3. The van der Waals surface area contributed by atoms with Crippen LogP contribution in [0.2, 0.25) is 0 Å². The number of hydrogen-bond acceptors (Lipinski definition) is 7. The van der Waals surface area contributed by atoms with E-state index in [4.69, 9.17) is 9.26 Å². The van der Waals surface area contributed by atoms with Gasteiger partial charge < -0.3 is 24.2 Å². The van der Waals surface area contributed by atoms with Crippen LogP contribution in [0.1, 0.15) is 49.8 Å². The highest BCUT2D eigenvalue weighted by Gasteiger charge is 2.53. The maximum absolute atomic E-state index is 13.6. The highest BCUT2D eigenvalue weighted by molar-refractivity contribution is 7.10. The standard InChI is InChI=1S/C24H31N3O5S/c28-22(25-21-10-13-31-26-21)16-27-11-8-17(9-12-27)19(15-27)32-23(29)24(30,20-7-4-14-33-20)18-5-2-1-3-6-18/h4,7,10,13-14,17-19,30H,1-3,5-6,8-9,11-12,15-16H2/p+1/t17?,19?,24-,27?/m0/s1. The summed E-state index contributed by atoms with van der Waals surface area (Å²) in [5.41, 5.74) is -1.59. The second-order valence-electron chi connectivity index (χ2n) is 9.92. The maximum Gasteiger partial charge on any atom is 0.344 e. The zero-order valence-electron chi connectivity index (χ0n) is 18.8. The molecule has 3 saturated heterocycles. The number of thiophene rings is 1. The summed E-state index contributed by atoms with van der Waals surface area (Å²) in [6.07, 6.45) is 7.83. The lowest BCUT2D eigenvalue weighted by atomic mass is 9.75. The number of nitrogens with one attached hydrogen (secondary N) is 1. The van der Waals surface area contributed by atoms with Gasteiger partial charge in [-0.3, -0.25) is 4.79 Å². The van der Waals surface area contributed by atoms with Gasteiger partial charge >= 0.3 is 5.97 Å². The fourth-order valence-corrected chi connectivity index (χ4v) is 6.94. The third-order valence-electron chi connectivity index (χ3n) is 7.89. The van der Waals surface area contributed by atoms with Gasteiger partial charge in [-0.05, 0) is 24.3 Å². The van der Waals surface area contributed by atoms with Crippen molar-refractivity contribution in [3.05, 3.63) is 34.7 Å². The van der Waals surface area contributed by atoms with E-state index in [1.165, 1.54) is 17.6 Å². The number of aromatic nitrogens is 1. The number of aliphatic hydroxyl groups is 1. The van der Waals surface area contributed by atoms with E-state index >= 15 is 0 Å². The first-order valence-corrected chi connectivity index (χ1v) is 12.9. The highest BCUT2D eigenvalue weighted by Crippen LogP contribution is 2.43. The van der Waals surface area contributed by atoms with E-state index in [9.17, 15) is 14.7 Å². The number of ether oxygens (including phenoxy) is 1. The van der Waals surface area contributed by atoms with Crippen molar-refractivity contribution in [3.8, 4) is 0 Å². The van der Waals surface area contributed by atoms with Gasteiger partial charge in [-0.15, -0.1) is 11.3 Å². The Kier molecular flexibility index (Phi) is 6.28. The van der Waals surface area contributed by atoms with Crippen molar-refractivity contribution in [2.75, 3.05) is 31.5 Å². The molecule has 8 nitrogen and oxygen atoms in total. The van der Waals surface area contributed by atoms with Gasteiger partial charge in [0.05, 0.1) is 13.1 Å². The number of anilines is 1. The Hall–Kier alpha value is -2.23. The van der Waals surface area contributed by atoms with E-state index < -0.39 is 11.6 Å². The SMILES string of the molecule is O=C(C[N+]12CCC(CC1)C(OC(=O)[C@@](O)(c1cccs1)C1CCCCC1)C2)Nc1ccon1. The number of piperidine rings is 3. The fraction of sp³-hybridized carbons (Fsp3) is 0.625. The van der Waals surface area contributed by atoms with Crippen LogP contribution in [0.15, 0.2) is 34.4 Å². The Bertz CT molecular complexity index is 949. The molecule has 1 unspecified atom stereocenters. The summed E-state index contributed by atoms with van der Waals surface area (Å²) in [5.74, 6) is -0.0599. The third-order valence-corrected chi connectivity index (χ3v) is 8.88. The average molecular weight is 475 g/mol. The van der Waals surface area contributed by atoms with Gasteiger partial charge in [0.2, 0.25) is 0 Å². The summed E-state index contributed by atoms with van der Waals surface area (Å²) in [6, 6.07) is 5.34. The molecule has 0 radical (unpaired) electrons. The van der Waals surface area contributed by atoms with Crippen LogP contribution in [-0.4, -0.2) is 58.9 Å². The Labute approximate surface area is 197 Å². The number of nitrogens with zero attached hydrogens (tertiary/aromatic N) is 2. The van der Waals surface area contributed by atoms with Crippen LogP contribution in [0.3, 0.4) is 0 Å². The van der Waals surface area contributed by atoms with E-state index in [1.54, 1.807) is 6.07 Å². The number of hydrogen-bond donors (Lipinski definition) is 2. The quantitative estimate of drug-likeness (QED) is 0.472. The molecular weight excluding hydrogens is 442 g/mol. The van der Waals surface area contributed by atoms with Gasteiger partial charge in [0.1, 0.15) is 12.8 Å². The van der Waals surface area contributed by atoms with Crippen LogP contribution in [0.5, 0.6) is 0 Å². The van der Waals surface area contributed by atoms with E-state index in [0.29, 0.717) is 28.3 Å². The Balaban J connectivity index is 1.29. The lowest BCUT2D eigenvalue weighted by Crippen LogP contribution is -2.66. The molecule has 2 aromatic heterocycles. The number of esters is 1. The van der Waals surface area contributed by atoms with Gasteiger partial charge in [0.15, 0.2) is 24.1 Å².